The monoisotopic (exact) mass is 286 g/mol. The quantitative estimate of drug-likeness (QED) is 0.926. The van der Waals surface area contributed by atoms with Crippen LogP contribution < -0.4 is 5.32 Å². The molecule has 2 rings (SSSR count). The fraction of sp³-hybridized carbons (Fsp3) is 0.667. The van der Waals surface area contributed by atoms with E-state index in [2.05, 4.69) is 40.1 Å². The van der Waals surface area contributed by atoms with Gasteiger partial charge < -0.3 is 14.6 Å². The molecule has 1 N–H and O–H groups in total. The summed E-state index contributed by atoms with van der Waals surface area (Å²) in [6.07, 6.45) is 4.17. The van der Waals surface area contributed by atoms with Crippen molar-refractivity contribution in [3.8, 4) is 0 Å². The summed E-state index contributed by atoms with van der Waals surface area (Å²) in [6, 6.07) is 2.84. The third kappa shape index (κ3) is 2.87. The van der Waals surface area contributed by atoms with E-state index in [9.17, 15) is 0 Å². The van der Waals surface area contributed by atoms with Crippen LogP contribution in [0, 0.1) is 0 Å². The number of likely N-dealkylation sites (tertiary alicyclic amines) is 1. The highest BCUT2D eigenvalue weighted by molar-refractivity contribution is 9.10. The number of piperidine rings is 1. The van der Waals surface area contributed by atoms with E-state index in [-0.39, 0.29) is 6.04 Å². The van der Waals surface area contributed by atoms with E-state index < -0.39 is 0 Å². The topological polar surface area (TPSA) is 28.4 Å². The van der Waals surface area contributed by atoms with Crippen LogP contribution in [0.15, 0.2) is 21.2 Å². The average Bonchev–Trinajstić information content (AvgIpc) is 2.68. The first kappa shape index (κ1) is 12.1. The normalized spacial score (nSPS) is 21.2. The lowest BCUT2D eigenvalue weighted by Gasteiger charge is -2.31. The highest BCUT2D eigenvalue weighted by Crippen LogP contribution is 2.25. The van der Waals surface area contributed by atoms with Crippen molar-refractivity contribution in [3.05, 3.63) is 22.6 Å². The van der Waals surface area contributed by atoms with Gasteiger partial charge >= 0.3 is 0 Å². The minimum absolute atomic E-state index is 0.276. The van der Waals surface area contributed by atoms with Gasteiger partial charge in [0.25, 0.3) is 0 Å². The summed E-state index contributed by atoms with van der Waals surface area (Å²) in [5.41, 5.74) is 0. The number of halogens is 1. The second-order valence-corrected chi connectivity index (χ2v) is 5.45. The summed E-state index contributed by atoms with van der Waals surface area (Å²) in [5.74, 6) is 0.999. The Kier molecular flexibility index (Phi) is 4.05. The van der Waals surface area contributed by atoms with Gasteiger partial charge in [0.15, 0.2) is 0 Å². The van der Waals surface area contributed by atoms with Crippen LogP contribution in [0.5, 0.6) is 0 Å². The highest BCUT2D eigenvalue weighted by Gasteiger charge is 2.20. The summed E-state index contributed by atoms with van der Waals surface area (Å²) in [7, 11) is 2.18. The van der Waals surface area contributed by atoms with Crippen LogP contribution in [0.2, 0.25) is 0 Å². The van der Waals surface area contributed by atoms with Gasteiger partial charge in [0, 0.05) is 6.04 Å². The zero-order valence-electron chi connectivity index (χ0n) is 9.87. The first-order valence-corrected chi connectivity index (χ1v) is 6.63. The molecule has 1 aliphatic rings. The maximum absolute atomic E-state index is 5.47. The fourth-order valence-electron chi connectivity index (χ4n) is 2.22. The molecular formula is C12H19BrN2O. The van der Waals surface area contributed by atoms with E-state index in [0.717, 1.165) is 10.2 Å². The van der Waals surface area contributed by atoms with E-state index in [0.29, 0.717) is 6.04 Å². The molecule has 0 aliphatic carbocycles. The van der Waals surface area contributed by atoms with Crippen LogP contribution in [0.25, 0.3) is 0 Å². The van der Waals surface area contributed by atoms with Gasteiger partial charge in [-0.1, -0.05) is 0 Å². The lowest BCUT2D eigenvalue weighted by Crippen LogP contribution is -2.41. The van der Waals surface area contributed by atoms with Crippen LogP contribution in [-0.2, 0) is 0 Å². The van der Waals surface area contributed by atoms with Crippen molar-refractivity contribution in [3.63, 3.8) is 0 Å². The molecule has 0 aromatic carbocycles. The minimum atomic E-state index is 0.276. The zero-order chi connectivity index (χ0) is 11.5. The Morgan fingerprint density at radius 2 is 2.19 bits per heavy atom. The number of nitrogens with one attached hydrogen (secondary N) is 1. The Morgan fingerprint density at radius 1 is 1.50 bits per heavy atom. The van der Waals surface area contributed by atoms with Gasteiger partial charge in [-0.15, -0.1) is 0 Å². The molecule has 0 spiro atoms. The third-order valence-electron chi connectivity index (χ3n) is 3.24. The van der Waals surface area contributed by atoms with Crippen molar-refractivity contribution in [1.29, 1.82) is 0 Å². The van der Waals surface area contributed by atoms with Gasteiger partial charge in [-0.05, 0) is 61.9 Å². The molecule has 1 fully saturated rings. The molecule has 3 nitrogen and oxygen atoms in total. The van der Waals surface area contributed by atoms with Gasteiger partial charge in [-0.3, -0.25) is 0 Å². The van der Waals surface area contributed by atoms with Crippen LogP contribution >= 0.6 is 15.9 Å². The Labute approximate surface area is 105 Å². The standard InChI is InChI=1S/C12H19BrN2O/c1-9(12-11(13)5-8-16-12)14-10-3-6-15(2)7-4-10/h5,8-10,14H,3-4,6-7H2,1-2H3. The summed E-state index contributed by atoms with van der Waals surface area (Å²) in [4.78, 5) is 2.38. The van der Waals surface area contributed by atoms with Crippen molar-refractivity contribution in [1.82, 2.24) is 10.2 Å². The lowest BCUT2D eigenvalue weighted by atomic mass is 10.0. The number of nitrogens with zero attached hydrogens (tertiary/aromatic N) is 1. The van der Waals surface area contributed by atoms with Gasteiger partial charge in [0.2, 0.25) is 0 Å². The molecule has 1 aliphatic heterocycles. The molecule has 2 heterocycles. The Morgan fingerprint density at radius 3 is 2.75 bits per heavy atom. The molecular weight excluding hydrogens is 268 g/mol. The minimum Gasteiger partial charge on any atom is -0.466 e. The van der Waals surface area contributed by atoms with Crippen molar-refractivity contribution >= 4 is 15.9 Å². The van der Waals surface area contributed by atoms with Crippen molar-refractivity contribution < 1.29 is 4.42 Å². The number of hydrogen-bond donors (Lipinski definition) is 1. The number of hydrogen-bond acceptors (Lipinski definition) is 3. The predicted octanol–water partition coefficient (Wildman–Crippen LogP) is 2.79. The molecule has 0 bridgehead atoms. The summed E-state index contributed by atoms with van der Waals surface area (Å²) in [5, 5.41) is 3.63. The molecule has 1 aromatic heterocycles. The molecule has 0 amide bonds. The van der Waals surface area contributed by atoms with Crippen LogP contribution in [0.3, 0.4) is 0 Å². The molecule has 1 atom stereocenters. The highest BCUT2D eigenvalue weighted by atomic mass is 79.9. The van der Waals surface area contributed by atoms with Crippen molar-refractivity contribution in [2.45, 2.75) is 31.8 Å². The number of furan rings is 1. The molecule has 16 heavy (non-hydrogen) atoms. The molecule has 90 valence electrons. The van der Waals surface area contributed by atoms with E-state index in [1.165, 1.54) is 25.9 Å². The fourth-order valence-corrected chi connectivity index (χ4v) is 2.76. The maximum atomic E-state index is 5.47. The second-order valence-electron chi connectivity index (χ2n) is 4.60. The number of rotatable bonds is 3. The summed E-state index contributed by atoms with van der Waals surface area (Å²) < 4.78 is 6.52. The van der Waals surface area contributed by atoms with Crippen molar-refractivity contribution in [2.75, 3.05) is 20.1 Å². The van der Waals surface area contributed by atoms with Gasteiger partial charge in [-0.2, -0.15) is 0 Å². The van der Waals surface area contributed by atoms with Crippen LogP contribution in [-0.4, -0.2) is 31.1 Å². The molecule has 4 heteroatoms. The van der Waals surface area contributed by atoms with Gasteiger partial charge in [-0.25, -0.2) is 0 Å². The first-order valence-electron chi connectivity index (χ1n) is 5.84. The van der Waals surface area contributed by atoms with Crippen LogP contribution in [0.4, 0.5) is 0 Å². The Balaban J connectivity index is 1.88. The smallest absolute Gasteiger partial charge is 0.134 e. The van der Waals surface area contributed by atoms with E-state index >= 15 is 0 Å². The molecule has 1 saturated heterocycles. The largest absolute Gasteiger partial charge is 0.466 e. The Hall–Kier alpha value is -0.320. The van der Waals surface area contributed by atoms with E-state index in [4.69, 9.17) is 4.42 Å². The maximum Gasteiger partial charge on any atom is 0.134 e. The Bertz CT molecular complexity index is 332. The lowest BCUT2D eigenvalue weighted by molar-refractivity contribution is 0.222. The summed E-state index contributed by atoms with van der Waals surface area (Å²) in [6.45, 7) is 4.52. The van der Waals surface area contributed by atoms with Gasteiger partial charge in [0.05, 0.1) is 16.8 Å². The second kappa shape index (κ2) is 5.34. The van der Waals surface area contributed by atoms with Crippen LogP contribution in [0.1, 0.15) is 31.6 Å². The zero-order valence-corrected chi connectivity index (χ0v) is 11.5. The average molecular weight is 287 g/mol. The van der Waals surface area contributed by atoms with Gasteiger partial charge in [0.1, 0.15) is 5.76 Å². The van der Waals surface area contributed by atoms with E-state index in [1.807, 2.05) is 6.07 Å². The third-order valence-corrected chi connectivity index (χ3v) is 3.90. The van der Waals surface area contributed by atoms with Crippen molar-refractivity contribution in [2.24, 2.45) is 0 Å². The summed E-state index contributed by atoms with van der Waals surface area (Å²) >= 11 is 3.50. The SMILES string of the molecule is CC(NC1CCN(C)CC1)c1occc1Br. The molecule has 1 aromatic rings. The van der Waals surface area contributed by atoms with E-state index in [1.54, 1.807) is 6.26 Å². The first-order chi connectivity index (χ1) is 7.66. The molecule has 1 unspecified atom stereocenters. The predicted molar refractivity (Wildman–Crippen MR) is 68.5 cm³/mol. The molecule has 0 radical (unpaired) electrons. The molecule has 0 saturated carbocycles.